The van der Waals surface area contributed by atoms with Crippen LogP contribution in [-0.4, -0.2) is 15.4 Å². The number of hydrogen-bond acceptors (Lipinski definition) is 4. The van der Waals surface area contributed by atoms with E-state index >= 15 is 0 Å². The first kappa shape index (κ1) is 13.3. The molecule has 0 aromatic carbocycles. The Kier molecular flexibility index (Phi) is 6.97. The van der Waals surface area contributed by atoms with Crippen LogP contribution >= 0.6 is 11.5 Å². The number of Topliss-reactive ketones (excluding diaryl/α,β-unsaturated/α-hetero) is 1. The van der Waals surface area contributed by atoms with Gasteiger partial charge in [0, 0.05) is 6.42 Å². The molecule has 0 aliphatic heterocycles. The Balaban J connectivity index is 1.97. The minimum atomic E-state index is 0.198. The molecule has 3 nitrogen and oxygen atoms in total. The molecule has 1 heterocycles. The first-order valence-corrected chi connectivity index (χ1v) is 6.92. The van der Waals surface area contributed by atoms with Crippen molar-refractivity contribution in [2.75, 3.05) is 0 Å². The summed E-state index contributed by atoms with van der Waals surface area (Å²) in [6.07, 6.45) is 10.9. The Labute approximate surface area is 101 Å². The minimum absolute atomic E-state index is 0.198. The van der Waals surface area contributed by atoms with Gasteiger partial charge in [0.05, 0.1) is 6.20 Å². The maximum atomic E-state index is 11.6. The third kappa shape index (κ3) is 5.35. The van der Waals surface area contributed by atoms with Gasteiger partial charge in [-0.25, -0.2) is 0 Å². The third-order valence-corrected chi connectivity index (χ3v) is 3.35. The number of carbonyl (C=O) groups excluding carboxylic acids is 1. The zero-order valence-corrected chi connectivity index (χ0v) is 10.8. The van der Waals surface area contributed by atoms with Gasteiger partial charge in [0.15, 0.2) is 5.78 Å². The van der Waals surface area contributed by atoms with Crippen LogP contribution in [-0.2, 0) is 0 Å². The first-order valence-electron chi connectivity index (χ1n) is 6.15. The van der Waals surface area contributed by atoms with Crippen LogP contribution in [0.15, 0.2) is 6.20 Å². The van der Waals surface area contributed by atoms with Crippen molar-refractivity contribution in [1.29, 1.82) is 0 Å². The molecule has 0 radical (unpaired) electrons. The number of rotatable bonds is 9. The second kappa shape index (κ2) is 8.39. The summed E-state index contributed by atoms with van der Waals surface area (Å²) in [6, 6.07) is 0. The summed E-state index contributed by atoms with van der Waals surface area (Å²) in [5, 5.41) is 3.67. The normalized spacial score (nSPS) is 10.6. The Hall–Kier alpha value is -0.770. The lowest BCUT2D eigenvalue weighted by Crippen LogP contribution is -1.95. The van der Waals surface area contributed by atoms with Gasteiger partial charge in [0.25, 0.3) is 0 Å². The average Bonchev–Trinajstić information content (AvgIpc) is 2.81. The Morgan fingerprint density at radius 3 is 2.50 bits per heavy atom. The Morgan fingerprint density at radius 2 is 1.88 bits per heavy atom. The highest BCUT2D eigenvalue weighted by atomic mass is 32.1. The molecule has 4 heteroatoms. The van der Waals surface area contributed by atoms with E-state index in [2.05, 4.69) is 16.5 Å². The van der Waals surface area contributed by atoms with E-state index in [-0.39, 0.29) is 5.78 Å². The standard InChI is InChI=1S/C12H20N2OS/c1-2-3-4-5-6-7-8-9-11(15)12-10-13-14-16-12/h10H,2-9H2,1H3. The quantitative estimate of drug-likeness (QED) is 0.486. The van der Waals surface area contributed by atoms with E-state index in [0.29, 0.717) is 11.3 Å². The van der Waals surface area contributed by atoms with Crippen LogP contribution < -0.4 is 0 Å². The number of aromatic nitrogens is 2. The Morgan fingerprint density at radius 1 is 1.19 bits per heavy atom. The molecule has 0 saturated carbocycles. The van der Waals surface area contributed by atoms with Gasteiger partial charge in [-0.1, -0.05) is 49.9 Å². The van der Waals surface area contributed by atoms with E-state index < -0.39 is 0 Å². The fraction of sp³-hybridized carbons (Fsp3) is 0.750. The highest BCUT2D eigenvalue weighted by Gasteiger charge is 2.07. The van der Waals surface area contributed by atoms with Crippen LogP contribution in [0.4, 0.5) is 0 Å². The SMILES string of the molecule is CCCCCCCCCC(=O)c1cnns1. The number of carbonyl (C=O) groups is 1. The van der Waals surface area contributed by atoms with Crippen LogP contribution in [0.5, 0.6) is 0 Å². The van der Waals surface area contributed by atoms with Gasteiger partial charge in [-0.05, 0) is 18.0 Å². The second-order valence-corrected chi connectivity index (χ2v) is 4.86. The monoisotopic (exact) mass is 240 g/mol. The summed E-state index contributed by atoms with van der Waals surface area (Å²) in [4.78, 5) is 12.3. The van der Waals surface area contributed by atoms with Crippen LogP contribution in [0.3, 0.4) is 0 Å². The average molecular weight is 240 g/mol. The first-order chi connectivity index (χ1) is 7.84. The molecule has 0 spiro atoms. The van der Waals surface area contributed by atoms with Crippen molar-refractivity contribution in [3.8, 4) is 0 Å². The molecule has 0 amide bonds. The lowest BCUT2D eigenvalue weighted by molar-refractivity contribution is 0.0983. The number of ketones is 1. The zero-order chi connectivity index (χ0) is 11.6. The molecule has 0 unspecified atom stereocenters. The van der Waals surface area contributed by atoms with Crippen molar-refractivity contribution in [2.45, 2.75) is 58.3 Å². The predicted octanol–water partition coefficient (Wildman–Crippen LogP) is 3.86. The molecule has 0 saturated heterocycles. The number of hydrogen-bond donors (Lipinski definition) is 0. The van der Waals surface area contributed by atoms with Crippen LogP contribution in [0, 0.1) is 0 Å². The van der Waals surface area contributed by atoms with Crippen molar-refractivity contribution < 1.29 is 4.79 Å². The van der Waals surface area contributed by atoms with E-state index in [1.807, 2.05) is 0 Å². The summed E-state index contributed by atoms with van der Waals surface area (Å²) < 4.78 is 3.69. The molecule has 0 fully saturated rings. The highest BCUT2D eigenvalue weighted by molar-refractivity contribution is 7.07. The fourth-order valence-electron chi connectivity index (χ4n) is 1.66. The van der Waals surface area contributed by atoms with Gasteiger partial charge < -0.3 is 0 Å². The molecule has 0 atom stereocenters. The minimum Gasteiger partial charge on any atom is -0.293 e. The third-order valence-electron chi connectivity index (χ3n) is 2.64. The van der Waals surface area contributed by atoms with E-state index in [4.69, 9.17) is 0 Å². The lowest BCUT2D eigenvalue weighted by atomic mass is 10.1. The van der Waals surface area contributed by atoms with Crippen molar-refractivity contribution in [1.82, 2.24) is 9.59 Å². The van der Waals surface area contributed by atoms with Crippen molar-refractivity contribution in [2.24, 2.45) is 0 Å². The van der Waals surface area contributed by atoms with Crippen LogP contribution in [0.25, 0.3) is 0 Å². The molecule has 0 aliphatic rings. The van der Waals surface area contributed by atoms with E-state index in [1.54, 1.807) is 6.20 Å². The molecule has 1 aromatic heterocycles. The van der Waals surface area contributed by atoms with E-state index in [1.165, 1.54) is 50.1 Å². The van der Waals surface area contributed by atoms with Gasteiger partial charge in [0.1, 0.15) is 4.88 Å². The lowest BCUT2D eigenvalue weighted by Gasteiger charge is -1.99. The molecule has 90 valence electrons. The predicted molar refractivity (Wildman–Crippen MR) is 66.8 cm³/mol. The van der Waals surface area contributed by atoms with Gasteiger partial charge in [-0.15, -0.1) is 5.10 Å². The summed E-state index contributed by atoms with van der Waals surface area (Å²) in [5.74, 6) is 0.198. The fourth-order valence-corrected chi connectivity index (χ4v) is 2.14. The van der Waals surface area contributed by atoms with E-state index in [0.717, 1.165) is 6.42 Å². The zero-order valence-electron chi connectivity index (χ0n) is 9.95. The molecule has 1 aromatic rings. The maximum Gasteiger partial charge on any atom is 0.176 e. The number of unbranched alkanes of at least 4 members (excludes halogenated alkanes) is 6. The van der Waals surface area contributed by atoms with Crippen LogP contribution in [0.1, 0.15) is 68.0 Å². The summed E-state index contributed by atoms with van der Waals surface area (Å²) in [5.41, 5.74) is 0. The van der Waals surface area contributed by atoms with Gasteiger partial charge >= 0.3 is 0 Å². The van der Waals surface area contributed by atoms with Crippen molar-refractivity contribution >= 4 is 17.3 Å². The van der Waals surface area contributed by atoms with Gasteiger partial charge in [0.2, 0.25) is 0 Å². The van der Waals surface area contributed by atoms with Crippen LogP contribution in [0.2, 0.25) is 0 Å². The molecule has 0 aliphatic carbocycles. The largest absolute Gasteiger partial charge is 0.293 e. The summed E-state index contributed by atoms with van der Waals surface area (Å²) in [7, 11) is 0. The highest BCUT2D eigenvalue weighted by Crippen LogP contribution is 2.12. The topological polar surface area (TPSA) is 42.9 Å². The van der Waals surface area contributed by atoms with Crippen molar-refractivity contribution in [3.05, 3.63) is 11.1 Å². The maximum absolute atomic E-state index is 11.6. The summed E-state index contributed by atoms with van der Waals surface area (Å²) >= 11 is 1.20. The molecule has 0 N–H and O–H groups in total. The Bertz CT molecular complexity index is 285. The molecule has 1 rings (SSSR count). The van der Waals surface area contributed by atoms with Crippen molar-refractivity contribution in [3.63, 3.8) is 0 Å². The van der Waals surface area contributed by atoms with Gasteiger partial charge in [-0.2, -0.15) is 0 Å². The van der Waals surface area contributed by atoms with Gasteiger partial charge in [-0.3, -0.25) is 4.79 Å². The molecule has 16 heavy (non-hydrogen) atoms. The number of nitrogens with zero attached hydrogens (tertiary/aromatic N) is 2. The second-order valence-electron chi connectivity index (χ2n) is 4.08. The van der Waals surface area contributed by atoms with E-state index in [9.17, 15) is 4.79 Å². The molecule has 0 bridgehead atoms. The smallest absolute Gasteiger partial charge is 0.176 e. The molecular formula is C12H20N2OS. The summed E-state index contributed by atoms with van der Waals surface area (Å²) in [6.45, 7) is 2.22. The molecular weight excluding hydrogens is 220 g/mol.